The molecule has 0 saturated carbocycles. The van der Waals surface area contributed by atoms with Crippen molar-refractivity contribution in [1.29, 1.82) is 0 Å². The molecular formula is C15H31NO2. The lowest BCUT2D eigenvalue weighted by Crippen LogP contribution is -2.47. The predicted octanol–water partition coefficient (Wildman–Crippen LogP) is 2.55. The smallest absolute Gasteiger partial charge is 0.0769 e. The zero-order valence-electron chi connectivity index (χ0n) is 12.4. The molecule has 2 unspecified atom stereocenters. The largest absolute Gasteiger partial charge is 0.393 e. The van der Waals surface area contributed by atoms with E-state index in [1.165, 1.54) is 19.3 Å². The Balaban J connectivity index is 2.66. The van der Waals surface area contributed by atoms with Crippen LogP contribution in [0.1, 0.15) is 65.7 Å². The molecule has 0 bridgehead atoms. The van der Waals surface area contributed by atoms with E-state index in [1.54, 1.807) is 0 Å². The number of rotatable bonds is 6. The maximum atomic E-state index is 10.5. The molecule has 2 atom stereocenters. The molecule has 1 fully saturated rings. The molecule has 1 aliphatic heterocycles. The van der Waals surface area contributed by atoms with Crippen LogP contribution in [0.15, 0.2) is 0 Å². The van der Waals surface area contributed by atoms with E-state index in [0.717, 1.165) is 38.8 Å². The van der Waals surface area contributed by atoms with Gasteiger partial charge in [-0.15, -0.1) is 0 Å². The lowest BCUT2D eigenvalue weighted by atomic mass is 9.94. The standard InChI is InChI=1S/C15H31NO2/c1-4-15(18,5-2)12-16-10-8-6-7-9-14(16)11-13(3)17/h13-14,17-18H,4-12H2,1-3H3. The Labute approximate surface area is 112 Å². The van der Waals surface area contributed by atoms with Crippen molar-refractivity contribution in [3.63, 3.8) is 0 Å². The molecule has 0 amide bonds. The number of hydrogen-bond acceptors (Lipinski definition) is 3. The summed E-state index contributed by atoms with van der Waals surface area (Å²) >= 11 is 0. The molecule has 0 aromatic rings. The summed E-state index contributed by atoms with van der Waals surface area (Å²) in [6.07, 6.45) is 7.13. The SMILES string of the molecule is CCC(O)(CC)CN1CCCCCC1CC(C)O. The van der Waals surface area contributed by atoms with Crippen LogP contribution in [0.5, 0.6) is 0 Å². The molecule has 1 rings (SSSR count). The number of β-amino-alcohol motifs (C(OH)–C–C–N with tert-alkyl or cyclic N) is 1. The van der Waals surface area contributed by atoms with Crippen molar-refractivity contribution in [1.82, 2.24) is 4.90 Å². The summed E-state index contributed by atoms with van der Waals surface area (Å²) in [6.45, 7) is 7.82. The zero-order chi connectivity index (χ0) is 13.6. The molecule has 0 radical (unpaired) electrons. The highest BCUT2D eigenvalue weighted by Crippen LogP contribution is 2.25. The van der Waals surface area contributed by atoms with Crippen LogP contribution in [0.4, 0.5) is 0 Å². The van der Waals surface area contributed by atoms with E-state index in [-0.39, 0.29) is 6.10 Å². The summed E-state index contributed by atoms with van der Waals surface area (Å²) in [6, 6.07) is 0.442. The van der Waals surface area contributed by atoms with E-state index in [0.29, 0.717) is 6.04 Å². The van der Waals surface area contributed by atoms with Gasteiger partial charge in [-0.25, -0.2) is 0 Å². The average Bonchev–Trinajstić information content (AvgIpc) is 2.54. The molecule has 1 saturated heterocycles. The van der Waals surface area contributed by atoms with Crippen molar-refractivity contribution in [2.75, 3.05) is 13.1 Å². The van der Waals surface area contributed by atoms with E-state index in [9.17, 15) is 10.2 Å². The molecule has 108 valence electrons. The van der Waals surface area contributed by atoms with Gasteiger partial charge >= 0.3 is 0 Å². The number of likely N-dealkylation sites (tertiary alicyclic amines) is 1. The van der Waals surface area contributed by atoms with Gasteiger partial charge in [0.1, 0.15) is 0 Å². The Morgan fingerprint density at radius 1 is 1.22 bits per heavy atom. The van der Waals surface area contributed by atoms with Crippen LogP contribution >= 0.6 is 0 Å². The average molecular weight is 257 g/mol. The van der Waals surface area contributed by atoms with Crippen LogP contribution in [0.25, 0.3) is 0 Å². The minimum absolute atomic E-state index is 0.244. The van der Waals surface area contributed by atoms with Crippen molar-refractivity contribution >= 4 is 0 Å². The predicted molar refractivity (Wildman–Crippen MR) is 75.7 cm³/mol. The van der Waals surface area contributed by atoms with E-state index in [2.05, 4.69) is 18.7 Å². The molecule has 0 spiro atoms. The van der Waals surface area contributed by atoms with E-state index in [1.807, 2.05) is 6.92 Å². The van der Waals surface area contributed by atoms with Gasteiger partial charge in [0.2, 0.25) is 0 Å². The van der Waals surface area contributed by atoms with E-state index >= 15 is 0 Å². The quantitative estimate of drug-likeness (QED) is 0.768. The second-order valence-electron chi connectivity index (χ2n) is 5.99. The fourth-order valence-electron chi connectivity index (χ4n) is 2.96. The minimum Gasteiger partial charge on any atom is -0.393 e. The molecule has 0 aliphatic carbocycles. The van der Waals surface area contributed by atoms with Crippen LogP contribution in [-0.2, 0) is 0 Å². The van der Waals surface area contributed by atoms with Crippen LogP contribution in [-0.4, -0.2) is 45.9 Å². The third-order valence-electron chi connectivity index (χ3n) is 4.43. The van der Waals surface area contributed by atoms with Crippen LogP contribution < -0.4 is 0 Å². The molecule has 2 N–H and O–H groups in total. The molecule has 18 heavy (non-hydrogen) atoms. The first kappa shape index (κ1) is 15.9. The van der Waals surface area contributed by atoms with Gasteiger partial charge in [0, 0.05) is 12.6 Å². The van der Waals surface area contributed by atoms with E-state index in [4.69, 9.17) is 0 Å². The molecule has 0 aromatic carbocycles. The van der Waals surface area contributed by atoms with Gasteiger partial charge in [0.15, 0.2) is 0 Å². The van der Waals surface area contributed by atoms with Crippen LogP contribution in [0.2, 0.25) is 0 Å². The molecule has 3 nitrogen and oxygen atoms in total. The summed E-state index contributed by atoms with van der Waals surface area (Å²) in [5.74, 6) is 0. The Morgan fingerprint density at radius 3 is 2.44 bits per heavy atom. The summed E-state index contributed by atoms with van der Waals surface area (Å²) < 4.78 is 0. The second kappa shape index (κ2) is 7.46. The lowest BCUT2D eigenvalue weighted by molar-refractivity contribution is -0.0202. The maximum Gasteiger partial charge on any atom is 0.0769 e. The summed E-state index contributed by atoms with van der Waals surface area (Å²) in [5.41, 5.74) is -0.554. The first-order valence-electron chi connectivity index (χ1n) is 7.65. The number of aliphatic hydroxyl groups is 2. The summed E-state index contributed by atoms with van der Waals surface area (Å²) in [7, 11) is 0. The van der Waals surface area contributed by atoms with Gasteiger partial charge in [-0.3, -0.25) is 4.90 Å². The van der Waals surface area contributed by atoms with Crippen molar-refractivity contribution in [2.24, 2.45) is 0 Å². The molecule has 0 aromatic heterocycles. The van der Waals surface area contributed by atoms with Crippen molar-refractivity contribution in [3.05, 3.63) is 0 Å². The fraction of sp³-hybridized carbons (Fsp3) is 1.00. The maximum absolute atomic E-state index is 10.5. The van der Waals surface area contributed by atoms with Gasteiger partial charge in [-0.2, -0.15) is 0 Å². The molecular weight excluding hydrogens is 226 g/mol. The fourth-order valence-corrected chi connectivity index (χ4v) is 2.96. The monoisotopic (exact) mass is 257 g/mol. The highest BCUT2D eigenvalue weighted by atomic mass is 16.3. The second-order valence-corrected chi connectivity index (χ2v) is 5.99. The van der Waals surface area contributed by atoms with Crippen LogP contribution in [0, 0.1) is 0 Å². The molecule has 3 heteroatoms. The zero-order valence-corrected chi connectivity index (χ0v) is 12.4. The van der Waals surface area contributed by atoms with E-state index < -0.39 is 5.60 Å². The normalized spacial score (nSPS) is 24.8. The number of aliphatic hydroxyl groups excluding tert-OH is 1. The summed E-state index contributed by atoms with van der Waals surface area (Å²) in [4.78, 5) is 2.42. The van der Waals surface area contributed by atoms with Gasteiger partial charge in [-0.1, -0.05) is 26.7 Å². The van der Waals surface area contributed by atoms with Gasteiger partial charge < -0.3 is 10.2 Å². The van der Waals surface area contributed by atoms with Gasteiger partial charge in [0.05, 0.1) is 11.7 Å². The Hall–Kier alpha value is -0.120. The van der Waals surface area contributed by atoms with Crippen molar-refractivity contribution in [3.8, 4) is 0 Å². The molecule has 1 aliphatic rings. The van der Waals surface area contributed by atoms with Crippen molar-refractivity contribution in [2.45, 2.75) is 83.5 Å². The highest BCUT2D eigenvalue weighted by molar-refractivity contribution is 4.85. The van der Waals surface area contributed by atoms with Crippen LogP contribution in [0.3, 0.4) is 0 Å². The Kier molecular flexibility index (Phi) is 6.61. The van der Waals surface area contributed by atoms with Gasteiger partial charge in [-0.05, 0) is 45.6 Å². The third-order valence-corrected chi connectivity index (χ3v) is 4.43. The number of hydrogen-bond donors (Lipinski definition) is 2. The highest BCUT2D eigenvalue weighted by Gasteiger charge is 2.30. The minimum atomic E-state index is -0.554. The number of nitrogens with zero attached hydrogens (tertiary/aromatic N) is 1. The van der Waals surface area contributed by atoms with Gasteiger partial charge in [0.25, 0.3) is 0 Å². The Bertz CT molecular complexity index is 227. The third kappa shape index (κ3) is 4.87. The van der Waals surface area contributed by atoms with Crippen molar-refractivity contribution < 1.29 is 10.2 Å². The Morgan fingerprint density at radius 2 is 1.89 bits per heavy atom. The first-order chi connectivity index (χ1) is 8.50. The molecule has 1 heterocycles. The topological polar surface area (TPSA) is 43.7 Å². The first-order valence-corrected chi connectivity index (χ1v) is 7.65. The lowest BCUT2D eigenvalue weighted by Gasteiger charge is -2.37. The summed E-state index contributed by atoms with van der Waals surface area (Å²) in [5, 5.41) is 20.2.